The van der Waals surface area contributed by atoms with Gasteiger partial charge in [-0.1, -0.05) is 0 Å². The summed E-state index contributed by atoms with van der Waals surface area (Å²) in [6.07, 6.45) is 0. The zero-order chi connectivity index (χ0) is 9.84. The topological polar surface area (TPSA) is 89.7 Å². The molecule has 0 saturated carbocycles. The number of nitro groups is 1. The van der Waals surface area contributed by atoms with Crippen molar-refractivity contribution in [2.45, 2.75) is 0 Å². The van der Waals surface area contributed by atoms with Gasteiger partial charge in [0.2, 0.25) is 0 Å². The highest BCUT2D eigenvalue weighted by Gasteiger charge is 2.10. The van der Waals surface area contributed by atoms with Crippen molar-refractivity contribution in [1.29, 1.82) is 0 Å². The summed E-state index contributed by atoms with van der Waals surface area (Å²) in [5.74, 6) is -0.641. The maximum Gasteiger partial charge on any atom is 0.423 e. The third kappa shape index (κ3) is 1.92. The van der Waals surface area contributed by atoms with Gasteiger partial charge in [-0.2, -0.15) is 0 Å². The van der Waals surface area contributed by atoms with Gasteiger partial charge in [0, 0.05) is 6.07 Å². The maximum absolute atomic E-state index is 10.2. The fourth-order valence-electron chi connectivity index (χ4n) is 0.743. The fourth-order valence-corrected chi connectivity index (χ4v) is 0.743. The summed E-state index contributed by atoms with van der Waals surface area (Å²) in [6.45, 7) is 1.06. The quantitative estimate of drug-likeness (QED) is 0.550. The Labute approximate surface area is 72.5 Å². The molecule has 6 nitrogen and oxygen atoms in total. The maximum atomic E-state index is 10.2. The fraction of sp³-hybridized carbons (Fsp3) is 0. The Morgan fingerprint density at radius 3 is 2.77 bits per heavy atom. The lowest BCUT2D eigenvalue weighted by Crippen LogP contribution is -1.92. The van der Waals surface area contributed by atoms with E-state index in [0.29, 0.717) is 0 Å². The number of phenolic OH excluding ortho intramolecular Hbond substituents is 1. The van der Waals surface area contributed by atoms with E-state index in [0.717, 1.165) is 24.7 Å². The average Bonchev–Trinajstić information content (AvgIpc) is 2.08. The van der Waals surface area contributed by atoms with Crippen molar-refractivity contribution in [1.82, 2.24) is 0 Å². The minimum absolute atomic E-state index is 0.275. The van der Waals surface area contributed by atoms with Gasteiger partial charge in [-0.3, -0.25) is 10.1 Å². The Kier molecular flexibility index (Phi) is 2.44. The monoisotopic (exact) mass is 182 g/mol. The molecule has 0 heterocycles. The molecule has 1 aromatic rings. The molecular weight excluding hydrogens is 178 g/mol. The summed E-state index contributed by atoms with van der Waals surface area (Å²) in [6, 6.07) is 3.08. The van der Waals surface area contributed by atoms with Crippen LogP contribution in [0.1, 0.15) is 0 Å². The Balaban J connectivity index is 3.10. The van der Waals surface area contributed by atoms with Gasteiger partial charge in [-0.05, 0) is 6.07 Å². The summed E-state index contributed by atoms with van der Waals surface area (Å²) in [7, 11) is 0. The molecule has 0 fully saturated rings. The number of aromatic hydroxyl groups is 1. The third-order valence-corrected chi connectivity index (χ3v) is 1.31. The molecule has 0 atom stereocenters. The van der Waals surface area contributed by atoms with Crippen molar-refractivity contribution >= 4 is 12.2 Å². The van der Waals surface area contributed by atoms with Crippen LogP contribution in [0.4, 0.5) is 5.69 Å². The van der Waals surface area contributed by atoms with Crippen LogP contribution in [0.2, 0.25) is 0 Å². The summed E-state index contributed by atoms with van der Waals surface area (Å²) in [5, 5.41) is 19.3. The number of hydrogen-bond acceptors (Lipinski definition) is 5. The smallest absolute Gasteiger partial charge is 0.423 e. The van der Waals surface area contributed by atoms with Crippen LogP contribution in [0.3, 0.4) is 0 Å². The van der Waals surface area contributed by atoms with Gasteiger partial charge >= 0.3 is 6.47 Å². The second kappa shape index (κ2) is 3.53. The lowest BCUT2D eigenvalue weighted by atomic mass is 10.3. The number of ether oxygens (including phenoxy) is 1. The van der Waals surface area contributed by atoms with Crippen molar-refractivity contribution in [3.05, 3.63) is 28.3 Å². The number of nitro benzene ring substituents is 1. The first kappa shape index (κ1) is 8.98. The zero-order valence-electron chi connectivity index (χ0n) is 6.26. The van der Waals surface area contributed by atoms with Gasteiger partial charge in [0.05, 0.1) is 11.0 Å². The Bertz CT molecular complexity index is 349. The molecule has 0 aliphatic rings. The predicted molar refractivity (Wildman–Crippen MR) is 41.1 cm³/mol. The van der Waals surface area contributed by atoms with E-state index in [-0.39, 0.29) is 17.2 Å². The minimum Gasteiger partial charge on any atom is -0.504 e. The molecule has 0 aliphatic carbocycles. The van der Waals surface area contributed by atoms with Gasteiger partial charge in [0.1, 0.15) is 0 Å². The normalized spacial score (nSPS) is 9.23. The van der Waals surface area contributed by atoms with Gasteiger partial charge in [0.25, 0.3) is 5.69 Å². The molecule has 1 aromatic carbocycles. The molecule has 1 N–H and O–H groups in total. The summed E-state index contributed by atoms with van der Waals surface area (Å²) >= 11 is 0. The van der Waals surface area contributed by atoms with E-state index < -0.39 is 4.92 Å². The number of benzene rings is 1. The third-order valence-electron chi connectivity index (χ3n) is 1.31. The molecule has 0 bridgehead atoms. The van der Waals surface area contributed by atoms with Crippen LogP contribution in [-0.2, 0) is 4.79 Å². The lowest BCUT2D eigenvalue weighted by molar-refractivity contribution is -0.384. The Hall–Kier alpha value is -2.11. The molecule has 1 rings (SSSR count). The number of nitrogens with zero attached hydrogens (tertiary/aromatic N) is 1. The lowest BCUT2D eigenvalue weighted by Gasteiger charge is -1.99. The highest BCUT2D eigenvalue weighted by Crippen LogP contribution is 2.29. The number of carbonyl (C=O) groups excluding carboxylic acids is 1. The number of phenols is 1. The Morgan fingerprint density at radius 2 is 2.23 bits per heavy atom. The molecule has 13 heavy (non-hydrogen) atoms. The van der Waals surface area contributed by atoms with Crippen LogP contribution in [0.5, 0.6) is 11.5 Å². The van der Waals surface area contributed by atoms with Crippen LogP contribution < -0.4 is 4.74 Å². The number of hydrogen-bond donors (Lipinski definition) is 1. The Morgan fingerprint density at radius 1 is 1.54 bits per heavy atom. The van der Waals surface area contributed by atoms with E-state index in [9.17, 15) is 14.9 Å². The minimum atomic E-state index is -0.670. The first-order chi connectivity index (χ1) is 6.15. The van der Waals surface area contributed by atoms with E-state index in [4.69, 9.17) is 5.11 Å². The molecule has 0 amide bonds. The van der Waals surface area contributed by atoms with Crippen molar-refractivity contribution in [3.8, 4) is 11.5 Å². The van der Waals surface area contributed by atoms with E-state index >= 15 is 0 Å². The zero-order valence-corrected chi connectivity index (χ0v) is 6.26. The highest BCUT2D eigenvalue weighted by atomic mass is 16.6. The molecular formula is C7H4NO5. The van der Waals surface area contributed by atoms with Crippen molar-refractivity contribution in [2.75, 3.05) is 0 Å². The van der Waals surface area contributed by atoms with Gasteiger partial charge in [-0.25, -0.2) is 4.79 Å². The van der Waals surface area contributed by atoms with Crippen molar-refractivity contribution < 1.29 is 19.6 Å². The largest absolute Gasteiger partial charge is 0.504 e. The number of non-ortho nitro benzene ring substituents is 1. The van der Waals surface area contributed by atoms with Gasteiger partial charge in [0.15, 0.2) is 11.5 Å². The SMILES string of the molecule is O=[C]Oc1cc([N+](=O)[O-])ccc1O. The summed E-state index contributed by atoms with van der Waals surface area (Å²) < 4.78 is 4.17. The second-order valence-corrected chi connectivity index (χ2v) is 2.09. The average molecular weight is 182 g/mol. The standard InChI is InChI=1S/C7H4NO5/c9-4-13-7-3-5(8(11)12)1-2-6(7)10/h1-3,10H. The molecule has 0 saturated heterocycles. The second-order valence-electron chi connectivity index (χ2n) is 2.09. The molecule has 6 heteroatoms. The van der Waals surface area contributed by atoms with Crippen LogP contribution in [-0.4, -0.2) is 16.5 Å². The van der Waals surface area contributed by atoms with E-state index in [2.05, 4.69) is 4.74 Å². The van der Waals surface area contributed by atoms with E-state index in [1.807, 2.05) is 0 Å². The summed E-state index contributed by atoms with van der Waals surface area (Å²) in [4.78, 5) is 19.3. The van der Waals surface area contributed by atoms with Gasteiger partial charge < -0.3 is 9.84 Å². The van der Waals surface area contributed by atoms with Crippen molar-refractivity contribution in [3.63, 3.8) is 0 Å². The molecule has 0 spiro atoms. The van der Waals surface area contributed by atoms with Crippen LogP contribution >= 0.6 is 0 Å². The van der Waals surface area contributed by atoms with Crippen LogP contribution in [0.15, 0.2) is 18.2 Å². The first-order valence-corrected chi connectivity index (χ1v) is 3.16. The summed E-state index contributed by atoms with van der Waals surface area (Å²) in [5.41, 5.74) is -0.275. The van der Waals surface area contributed by atoms with Gasteiger partial charge in [-0.15, -0.1) is 0 Å². The number of rotatable bonds is 3. The molecule has 67 valence electrons. The van der Waals surface area contributed by atoms with E-state index in [1.165, 1.54) is 0 Å². The van der Waals surface area contributed by atoms with Crippen LogP contribution in [0.25, 0.3) is 0 Å². The van der Waals surface area contributed by atoms with Crippen LogP contribution in [0, 0.1) is 10.1 Å². The highest BCUT2D eigenvalue weighted by molar-refractivity contribution is 5.54. The van der Waals surface area contributed by atoms with E-state index in [1.54, 1.807) is 0 Å². The predicted octanol–water partition coefficient (Wildman–Crippen LogP) is 0.746. The van der Waals surface area contributed by atoms with Crippen molar-refractivity contribution in [2.24, 2.45) is 0 Å². The molecule has 0 aliphatic heterocycles. The molecule has 1 radical (unpaired) electrons. The first-order valence-electron chi connectivity index (χ1n) is 3.16. The molecule has 0 aromatic heterocycles. The molecule has 0 unspecified atom stereocenters.